The van der Waals surface area contributed by atoms with Crippen LogP contribution in [0.2, 0.25) is 0 Å². The van der Waals surface area contributed by atoms with Gasteiger partial charge in [0, 0.05) is 25.5 Å². The van der Waals surface area contributed by atoms with Crippen molar-refractivity contribution in [3.05, 3.63) is 46.2 Å². The molecule has 0 spiro atoms. The lowest BCUT2D eigenvalue weighted by atomic mass is 10.3. The number of thiazole rings is 1. The molecule has 0 aliphatic rings. The highest BCUT2D eigenvalue weighted by Crippen LogP contribution is 2.12. The average Bonchev–Trinajstić information content (AvgIpc) is 3.01. The first-order valence-electron chi connectivity index (χ1n) is 6.88. The molecule has 1 aromatic heterocycles. The van der Waals surface area contributed by atoms with Crippen LogP contribution in [0.3, 0.4) is 0 Å². The van der Waals surface area contributed by atoms with Crippen molar-refractivity contribution < 1.29 is 13.9 Å². The molecule has 1 aromatic carbocycles. The van der Waals surface area contributed by atoms with Gasteiger partial charge in [0.2, 0.25) is 0 Å². The summed E-state index contributed by atoms with van der Waals surface area (Å²) in [6, 6.07) is 5.85. The number of halogens is 1. The molecule has 1 heterocycles. The number of aromatic nitrogens is 1. The zero-order valence-corrected chi connectivity index (χ0v) is 13.1. The summed E-state index contributed by atoms with van der Waals surface area (Å²) < 4.78 is 18.2. The van der Waals surface area contributed by atoms with Crippen LogP contribution in [0.4, 0.5) is 4.39 Å². The second-order valence-corrected chi connectivity index (χ2v) is 5.66. The monoisotopic (exact) mass is 323 g/mol. The van der Waals surface area contributed by atoms with Crippen LogP contribution >= 0.6 is 11.3 Å². The maximum absolute atomic E-state index is 12.7. The van der Waals surface area contributed by atoms with E-state index in [-0.39, 0.29) is 11.7 Å². The minimum Gasteiger partial charge on any atom is -0.494 e. The SMILES string of the molecule is CN(CCCOc1ccc(F)cc1)C(=O)c1csc(CN)n1. The van der Waals surface area contributed by atoms with Crippen LogP contribution < -0.4 is 10.5 Å². The molecular weight excluding hydrogens is 305 g/mol. The Balaban J connectivity index is 1.74. The van der Waals surface area contributed by atoms with Gasteiger partial charge in [-0.3, -0.25) is 4.79 Å². The van der Waals surface area contributed by atoms with Crippen molar-refractivity contribution in [2.75, 3.05) is 20.2 Å². The Morgan fingerprint density at radius 3 is 2.77 bits per heavy atom. The number of benzene rings is 1. The van der Waals surface area contributed by atoms with Gasteiger partial charge in [-0.05, 0) is 30.7 Å². The van der Waals surface area contributed by atoms with E-state index >= 15 is 0 Å². The van der Waals surface area contributed by atoms with E-state index in [0.29, 0.717) is 37.6 Å². The molecule has 0 bridgehead atoms. The Morgan fingerprint density at radius 2 is 2.14 bits per heavy atom. The van der Waals surface area contributed by atoms with E-state index in [4.69, 9.17) is 10.5 Å². The highest BCUT2D eigenvalue weighted by Gasteiger charge is 2.14. The molecule has 0 saturated carbocycles. The van der Waals surface area contributed by atoms with Gasteiger partial charge in [-0.1, -0.05) is 0 Å². The van der Waals surface area contributed by atoms with Crippen LogP contribution in [0.25, 0.3) is 0 Å². The van der Waals surface area contributed by atoms with E-state index in [9.17, 15) is 9.18 Å². The molecule has 0 radical (unpaired) electrons. The normalized spacial score (nSPS) is 10.5. The van der Waals surface area contributed by atoms with E-state index in [0.717, 1.165) is 5.01 Å². The molecule has 0 fully saturated rings. The summed E-state index contributed by atoms with van der Waals surface area (Å²) in [5, 5.41) is 2.46. The Morgan fingerprint density at radius 1 is 1.41 bits per heavy atom. The molecule has 2 aromatic rings. The lowest BCUT2D eigenvalue weighted by Crippen LogP contribution is -2.29. The van der Waals surface area contributed by atoms with E-state index in [1.165, 1.54) is 23.5 Å². The van der Waals surface area contributed by atoms with Crippen LogP contribution in [-0.4, -0.2) is 36.0 Å². The van der Waals surface area contributed by atoms with Crippen LogP contribution in [0.15, 0.2) is 29.6 Å². The summed E-state index contributed by atoms with van der Waals surface area (Å²) in [6.07, 6.45) is 0.674. The summed E-state index contributed by atoms with van der Waals surface area (Å²) in [7, 11) is 1.72. The maximum Gasteiger partial charge on any atom is 0.273 e. The average molecular weight is 323 g/mol. The predicted molar refractivity (Wildman–Crippen MR) is 83.5 cm³/mol. The van der Waals surface area contributed by atoms with Crippen LogP contribution in [-0.2, 0) is 6.54 Å². The molecule has 2 rings (SSSR count). The van der Waals surface area contributed by atoms with Crippen LogP contribution in [0.5, 0.6) is 5.75 Å². The van der Waals surface area contributed by atoms with Crippen LogP contribution in [0.1, 0.15) is 21.9 Å². The number of hydrogen-bond acceptors (Lipinski definition) is 5. The van der Waals surface area contributed by atoms with E-state index in [2.05, 4.69) is 4.98 Å². The van der Waals surface area contributed by atoms with Crippen molar-refractivity contribution in [3.63, 3.8) is 0 Å². The van der Waals surface area contributed by atoms with Crippen molar-refractivity contribution in [2.24, 2.45) is 5.73 Å². The van der Waals surface area contributed by atoms with Gasteiger partial charge in [0.05, 0.1) is 6.61 Å². The molecule has 2 N–H and O–H groups in total. The Bertz CT molecular complexity index is 616. The fraction of sp³-hybridized carbons (Fsp3) is 0.333. The molecule has 0 saturated heterocycles. The van der Waals surface area contributed by atoms with Gasteiger partial charge in [-0.15, -0.1) is 11.3 Å². The highest BCUT2D eigenvalue weighted by atomic mass is 32.1. The van der Waals surface area contributed by atoms with E-state index in [1.54, 1.807) is 29.5 Å². The molecule has 118 valence electrons. The molecule has 7 heteroatoms. The lowest BCUT2D eigenvalue weighted by Gasteiger charge is -2.16. The molecule has 0 atom stereocenters. The van der Waals surface area contributed by atoms with Gasteiger partial charge in [-0.25, -0.2) is 9.37 Å². The topological polar surface area (TPSA) is 68.5 Å². The lowest BCUT2D eigenvalue weighted by molar-refractivity contribution is 0.0782. The molecular formula is C15H18FN3O2S. The summed E-state index contributed by atoms with van der Waals surface area (Å²) >= 11 is 1.38. The minimum absolute atomic E-state index is 0.127. The standard InChI is InChI=1S/C15H18FN3O2S/c1-19(15(20)13-10-22-14(9-17)18-13)7-2-8-21-12-5-3-11(16)4-6-12/h3-6,10H,2,7-9,17H2,1H3. The molecule has 0 unspecified atom stereocenters. The van der Waals surface area contributed by atoms with Gasteiger partial charge in [-0.2, -0.15) is 0 Å². The minimum atomic E-state index is -0.294. The third kappa shape index (κ3) is 4.51. The maximum atomic E-state index is 12.7. The number of carbonyl (C=O) groups excluding carboxylic acids is 1. The molecule has 0 aliphatic heterocycles. The van der Waals surface area contributed by atoms with Crippen molar-refractivity contribution in [1.29, 1.82) is 0 Å². The smallest absolute Gasteiger partial charge is 0.273 e. The van der Waals surface area contributed by atoms with Crippen LogP contribution in [0, 0.1) is 5.82 Å². The number of nitrogens with zero attached hydrogens (tertiary/aromatic N) is 2. The van der Waals surface area contributed by atoms with Gasteiger partial charge in [0.25, 0.3) is 5.91 Å². The van der Waals surface area contributed by atoms with Gasteiger partial charge >= 0.3 is 0 Å². The molecule has 22 heavy (non-hydrogen) atoms. The zero-order valence-electron chi connectivity index (χ0n) is 12.3. The van der Waals surface area contributed by atoms with Crippen molar-refractivity contribution in [3.8, 4) is 5.75 Å². The molecule has 1 amide bonds. The number of rotatable bonds is 7. The van der Waals surface area contributed by atoms with Crippen molar-refractivity contribution >= 4 is 17.2 Å². The highest BCUT2D eigenvalue weighted by molar-refractivity contribution is 7.09. The first-order valence-corrected chi connectivity index (χ1v) is 7.76. The number of nitrogens with two attached hydrogens (primary N) is 1. The molecule has 5 nitrogen and oxygen atoms in total. The third-order valence-corrected chi connectivity index (χ3v) is 3.88. The van der Waals surface area contributed by atoms with Gasteiger partial charge in [0.1, 0.15) is 22.3 Å². The fourth-order valence-corrected chi connectivity index (χ4v) is 2.47. The first-order chi connectivity index (χ1) is 10.6. The third-order valence-electron chi connectivity index (χ3n) is 3.01. The second-order valence-electron chi connectivity index (χ2n) is 4.71. The Labute approximate surface area is 132 Å². The number of ether oxygens (including phenoxy) is 1. The largest absolute Gasteiger partial charge is 0.494 e. The van der Waals surface area contributed by atoms with Gasteiger partial charge in [0.15, 0.2) is 0 Å². The van der Waals surface area contributed by atoms with Crippen molar-refractivity contribution in [1.82, 2.24) is 9.88 Å². The van der Waals surface area contributed by atoms with Gasteiger partial charge < -0.3 is 15.4 Å². The summed E-state index contributed by atoms with van der Waals surface area (Å²) in [4.78, 5) is 17.9. The second kappa shape index (κ2) is 7.86. The fourth-order valence-electron chi connectivity index (χ4n) is 1.82. The predicted octanol–water partition coefficient (Wildman–Crippen LogP) is 2.28. The summed E-state index contributed by atoms with van der Waals surface area (Å²) in [6.45, 7) is 1.34. The molecule has 0 aliphatic carbocycles. The number of amides is 1. The Hall–Kier alpha value is -1.99. The zero-order chi connectivity index (χ0) is 15.9. The summed E-state index contributed by atoms with van der Waals surface area (Å²) in [5.41, 5.74) is 5.91. The first kappa shape index (κ1) is 16.4. The number of carbonyl (C=O) groups is 1. The van der Waals surface area contributed by atoms with E-state index in [1.807, 2.05) is 0 Å². The quantitative estimate of drug-likeness (QED) is 0.794. The van der Waals surface area contributed by atoms with Crippen molar-refractivity contribution in [2.45, 2.75) is 13.0 Å². The Kier molecular flexibility index (Phi) is 5.85. The summed E-state index contributed by atoms with van der Waals surface area (Å²) in [5.74, 6) is 0.193. The van der Waals surface area contributed by atoms with E-state index < -0.39 is 0 Å². The number of hydrogen-bond donors (Lipinski definition) is 1.